The molecule has 5 fully saturated rings. The van der Waals surface area contributed by atoms with Gasteiger partial charge in [-0.2, -0.15) is 4.98 Å². The zero-order valence-corrected chi connectivity index (χ0v) is 47.8. The quantitative estimate of drug-likeness (QED) is 0.113. The number of aryl methyl sites for hydroxylation is 1. The van der Waals surface area contributed by atoms with Crippen LogP contribution in [0.3, 0.4) is 0 Å². The molecule has 7 aliphatic rings. The van der Waals surface area contributed by atoms with Gasteiger partial charge in [-0.3, -0.25) is 28.8 Å². The first kappa shape index (κ1) is 54.4. The number of hydrogen-bond donors (Lipinski definition) is 4. The van der Waals surface area contributed by atoms with Crippen molar-refractivity contribution in [3.63, 3.8) is 0 Å². The molecule has 5 aliphatic heterocycles. The summed E-state index contributed by atoms with van der Waals surface area (Å²) < 4.78 is 8.63. The van der Waals surface area contributed by atoms with Crippen molar-refractivity contribution in [2.24, 2.45) is 28.0 Å². The SMILES string of the molecule is CN1CCC(C2N=CC3=C(N2)n2c(nc(=O)c4c(Br)cccc42)C32CCCCC2)CC1.Cc1ncsc1-c1ccc(C(CN2CCOCC2)NC(=O)C2CCCN2C(=O)C(N/C=C(\N)C2CCCCC2)C(C)(C)C)cc1. The average Bonchev–Trinajstić information content (AvgIpc) is 4.29. The Kier molecular flexibility index (Phi) is 16.9. The second-order valence-electron chi connectivity index (χ2n) is 23.6. The lowest BCUT2D eigenvalue weighted by Crippen LogP contribution is -2.56. The number of amides is 2. The van der Waals surface area contributed by atoms with Gasteiger partial charge in [-0.05, 0) is 129 Å². The molecular formula is C59H80BrN11O4S. The molecule has 0 radical (unpaired) electrons. The Morgan fingerprint density at radius 1 is 0.947 bits per heavy atom. The minimum Gasteiger partial charge on any atom is -0.401 e. The molecule has 4 atom stereocenters. The topological polar surface area (TPSA) is 175 Å². The fourth-order valence-corrected chi connectivity index (χ4v) is 14.4. The lowest BCUT2D eigenvalue weighted by Gasteiger charge is -2.37. The van der Waals surface area contributed by atoms with Crippen LogP contribution in [0, 0.1) is 24.2 Å². The van der Waals surface area contributed by atoms with Crippen molar-refractivity contribution >= 4 is 62.0 Å². The van der Waals surface area contributed by atoms with Gasteiger partial charge < -0.3 is 36.2 Å². The molecule has 0 bridgehead atoms. The van der Waals surface area contributed by atoms with E-state index in [1.807, 2.05) is 30.8 Å². The second kappa shape index (κ2) is 23.6. The molecule has 2 amide bonds. The molecule has 3 saturated heterocycles. The normalized spacial score (nSPS) is 23.4. The molecule has 17 heteroatoms. The molecule has 4 unspecified atom stereocenters. The third-order valence-corrected chi connectivity index (χ3v) is 19.1. The van der Waals surface area contributed by atoms with Crippen LogP contribution in [0.4, 0.5) is 0 Å². The number of carbonyl (C=O) groups excluding carboxylic acids is 2. The molecule has 408 valence electrons. The van der Waals surface area contributed by atoms with E-state index in [1.165, 1.54) is 31.3 Å². The number of piperidine rings is 1. The number of morpholine rings is 1. The number of aliphatic imine (C=N–C) groups is 1. The van der Waals surface area contributed by atoms with Gasteiger partial charge in [-0.25, -0.2) is 4.98 Å². The highest BCUT2D eigenvalue weighted by Crippen LogP contribution is 2.51. The average molecular weight is 1120 g/mol. The number of halogens is 1. The maximum absolute atomic E-state index is 14.1. The Bertz CT molecular complexity index is 2860. The Hall–Kier alpha value is -4.94. The van der Waals surface area contributed by atoms with Gasteiger partial charge in [-0.15, -0.1) is 11.3 Å². The van der Waals surface area contributed by atoms with Crippen molar-refractivity contribution in [2.45, 2.75) is 147 Å². The fourth-order valence-electron chi connectivity index (χ4n) is 13.0. The van der Waals surface area contributed by atoms with Crippen LogP contribution in [0.1, 0.15) is 134 Å². The summed E-state index contributed by atoms with van der Waals surface area (Å²) in [5, 5.41) is 11.3. The molecule has 15 nitrogen and oxygen atoms in total. The van der Waals surface area contributed by atoms with Crippen molar-refractivity contribution in [2.75, 3.05) is 59.5 Å². The zero-order chi connectivity index (χ0) is 53.1. The van der Waals surface area contributed by atoms with Gasteiger partial charge in [0.1, 0.15) is 29.9 Å². The van der Waals surface area contributed by atoms with Crippen LogP contribution in [0.15, 0.2) is 79.7 Å². The van der Waals surface area contributed by atoms with E-state index in [0.717, 1.165) is 133 Å². The molecule has 2 aromatic heterocycles. The van der Waals surface area contributed by atoms with Crippen LogP contribution in [0.25, 0.3) is 27.2 Å². The van der Waals surface area contributed by atoms with E-state index < -0.39 is 12.1 Å². The lowest BCUT2D eigenvalue weighted by molar-refractivity contribution is -0.142. The number of carbonyl (C=O) groups is 2. The van der Waals surface area contributed by atoms with Crippen LogP contribution < -0.4 is 27.2 Å². The molecule has 76 heavy (non-hydrogen) atoms. The van der Waals surface area contributed by atoms with Gasteiger partial charge in [0.15, 0.2) is 0 Å². The first-order chi connectivity index (χ1) is 36.7. The number of nitrogens with one attached hydrogen (secondary N) is 3. The van der Waals surface area contributed by atoms with Crippen molar-refractivity contribution < 1.29 is 14.3 Å². The van der Waals surface area contributed by atoms with Crippen LogP contribution in [0.2, 0.25) is 0 Å². The minimum atomic E-state index is -0.505. The number of likely N-dealkylation sites (tertiary alicyclic amines) is 2. The number of allylic oxidation sites excluding steroid dienone is 2. The molecular weight excluding hydrogens is 1040 g/mol. The molecule has 11 rings (SSSR count). The molecule has 4 aromatic rings. The summed E-state index contributed by atoms with van der Waals surface area (Å²) in [6.07, 6.45) is 19.4. The summed E-state index contributed by atoms with van der Waals surface area (Å²) >= 11 is 5.23. The van der Waals surface area contributed by atoms with Crippen molar-refractivity contribution in [1.29, 1.82) is 0 Å². The first-order valence-electron chi connectivity index (χ1n) is 28.3. The number of fused-ring (bicyclic) bond motifs is 6. The Morgan fingerprint density at radius 2 is 1.67 bits per heavy atom. The second-order valence-corrected chi connectivity index (χ2v) is 25.3. The number of hydrogen-bond acceptors (Lipinski definition) is 13. The largest absolute Gasteiger partial charge is 0.401 e. The Labute approximate surface area is 461 Å². The van der Waals surface area contributed by atoms with Gasteiger partial charge in [0, 0.05) is 60.3 Å². The Morgan fingerprint density at radius 3 is 2.37 bits per heavy atom. The first-order valence-corrected chi connectivity index (χ1v) is 30.0. The molecule has 2 saturated carbocycles. The number of thiazole rings is 1. The third kappa shape index (κ3) is 11.5. The van der Waals surface area contributed by atoms with E-state index in [-0.39, 0.29) is 40.4 Å². The third-order valence-electron chi connectivity index (χ3n) is 17.5. The predicted molar refractivity (Wildman–Crippen MR) is 308 cm³/mol. The number of aromatic nitrogens is 3. The van der Waals surface area contributed by atoms with Gasteiger partial charge in [0.2, 0.25) is 11.8 Å². The monoisotopic (exact) mass is 1120 g/mol. The van der Waals surface area contributed by atoms with Gasteiger partial charge in [0.25, 0.3) is 5.56 Å². The van der Waals surface area contributed by atoms with E-state index in [2.05, 4.69) is 116 Å². The summed E-state index contributed by atoms with van der Waals surface area (Å²) in [6, 6.07) is 13.2. The number of nitrogens with two attached hydrogens (primary N) is 1. The number of nitrogens with zero attached hydrogens (tertiary/aromatic N) is 7. The van der Waals surface area contributed by atoms with E-state index in [1.54, 1.807) is 16.2 Å². The maximum Gasteiger partial charge on any atom is 0.281 e. The summed E-state index contributed by atoms with van der Waals surface area (Å²) in [5.41, 5.74) is 13.9. The standard InChI is InChI=1S/C35H52N6O3S.C24H28BrN5O/c1-24-31(45-23-38-24)27-14-12-26(13-15-27)29(22-40-17-19-44-20-18-40)39-33(42)30-11-8-16-41(30)34(43)32(35(2,3)4)37-21-28(36)25-9-6-5-7-10-25;1-29-12-8-15(9-13-29)20-26-14-16-21(27-20)30-18-7-5-6-17(25)19(18)22(31)28-23(30)24(16)10-3-2-4-11-24/h12-15,21,23,25,29-30,32,37H,5-11,16-20,22,36H2,1-4H3,(H,39,42);5-7,14-15,20,27H,2-4,8-13H2,1H3/b28-21-;. The molecule has 2 aliphatic carbocycles. The van der Waals surface area contributed by atoms with Gasteiger partial charge in [0.05, 0.1) is 51.7 Å². The maximum atomic E-state index is 14.1. The van der Waals surface area contributed by atoms with E-state index >= 15 is 0 Å². The van der Waals surface area contributed by atoms with Crippen LogP contribution in [0.5, 0.6) is 0 Å². The number of rotatable bonds is 11. The number of ether oxygens (including phenoxy) is 1. The van der Waals surface area contributed by atoms with Crippen molar-refractivity contribution in [3.05, 3.63) is 97.4 Å². The highest BCUT2D eigenvalue weighted by atomic mass is 79.9. The minimum absolute atomic E-state index is 0.0400. The summed E-state index contributed by atoms with van der Waals surface area (Å²) in [7, 11) is 2.19. The fraction of sp³-hybridized carbons (Fsp3) is 0.593. The Balaban J connectivity index is 0.000000184. The van der Waals surface area contributed by atoms with E-state index in [4.69, 9.17) is 20.4 Å². The summed E-state index contributed by atoms with van der Waals surface area (Å²) in [4.78, 5) is 63.1. The van der Waals surface area contributed by atoms with Crippen molar-refractivity contribution in [3.8, 4) is 10.4 Å². The lowest BCUT2D eigenvalue weighted by atomic mass is 9.69. The smallest absolute Gasteiger partial charge is 0.281 e. The summed E-state index contributed by atoms with van der Waals surface area (Å²) in [5.74, 6) is 2.78. The summed E-state index contributed by atoms with van der Waals surface area (Å²) in [6.45, 7) is 14.8. The highest BCUT2D eigenvalue weighted by molar-refractivity contribution is 9.10. The van der Waals surface area contributed by atoms with Gasteiger partial charge in [-0.1, -0.05) is 89.6 Å². The van der Waals surface area contributed by atoms with Crippen LogP contribution in [-0.2, 0) is 19.7 Å². The van der Waals surface area contributed by atoms with Crippen LogP contribution >= 0.6 is 27.3 Å². The molecule has 1 spiro atoms. The van der Waals surface area contributed by atoms with E-state index in [9.17, 15) is 14.4 Å². The van der Waals surface area contributed by atoms with Crippen LogP contribution in [-0.4, -0.2) is 125 Å². The molecule has 7 heterocycles. The zero-order valence-electron chi connectivity index (χ0n) is 45.4. The number of benzene rings is 2. The molecule has 2 aromatic carbocycles. The van der Waals surface area contributed by atoms with Crippen molar-refractivity contribution in [1.82, 2.24) is 45.2 Å². The van der Waals surface area contributed by atoms with E-state index in [0.29, 0.717) is 49.9 Å². The predicted octanol–water partition coefficient (Wildman–Crippen LogP) is 8.87. The van der Waals surface area contributed by atoms with Gasteiger partial charge >= 0.3 is 0 Å². The molecule has 5 N–H and O–H groups in total. The highest BCUT2D eigenvalue weighted by Gasteiger charge is 2.50.